The molecule has 0 radical (unpaired) electrons. The Morgan fingerprint density at radius 1 is 1.03 bits per heavy atom. The van der Waals surface area contributed by atoms with Crippen LogP contribution in [-0.2, 0) is 17.8 Å². The quantitative estimate of drug-likeness (QED) is 0.718. The molecule has 0 aromatic heterocycles. The Bertz CT molecular complexity index is 890. The largest absolute Gasteiger partial charge is 0.497 e. The summed E-state index contributed by atoms with van der Waals surface area (Å²) in [7, 11) is 1.67. The van der Waals surface area contributed by atoms with Crippen molar-refractivity contribution in [2.75, 3.05) is 13.7 Å². The second-order valence-electron chi connectivity index (χ2n) is 7.72. The summed E-state index contributed by atoms with van der Waals surface area (Å²) in [5.41, 5.74) is 4.71. The molecule has 1 aliphatic carbocycles. The number of hydrogen-bond acceptors (Lipinski definition) is 3. The molecule has 1 atom stereocenters. The highest BCUT2D eigenvalue weighted by atomic mass is 35.5. The molecule has 0 bridgehead atoms. The van der Waals surface area contributed by atoms with Gasteiger partial charge in [-0.3, -0.25) is 10.1 Å². The van der Waals surface area contributed by atoms with Crippen LogP contribution < -0.4 is 10.1 Å². The lowest BCUT2D eigenvalue weighted by Crippen LogP contribution is -2.46. The van der Waals surface area contributed by atoms with Crippen LogP contribution in [0.15, 0.2) is 59.7 Å². The minimum absolute atomic E-state index is 0.00722. The Balaban J connectivity index is 1.47. The minimum Gasteiger partial charge on any atom is -0.497 e. The fraction of sp³-hybridized carbons (Fsp3) is 0.375. The number of ether oxygens (including phenoxy) is 1. The maximum absolute atomic E-state index is 13.1. The zero-order chi connectivity index (χ0) is 20.2. The van der Waals surface area contributed by atoms with Crippen LogP contribution in [0, 0.1) is 0 Å². The van der Waals surface area contributed by atoms with Gasteiger partial charge in [-0.1, -0.05) is 35.9 Å². The van der Waals surface area contributed by atoms with Crippen LogP contribution in [0.1, 0.15) is 36.8 Å². The van der Waals surface area contributed by atoms with Gasteiger partial charge in [0, 0.05) is 23.7 Å². The van der Waals surface area contributed by atoms with Gasteiger partial charge in [0.1, 0.15) is 11.9 Å². The maximum Gasteiger partial charge on any atom is 0.251 e. The van der Waals surface area contributed by atoms with E-state index >= 15 is 0 Å². The van der Waals surface area contributed by atoms with Crippen molar-refractivity contribution in [2.24, 2.45) is 0 Å². The van der Waals surface area contributed by atoms with E-state index in [1.165, 1.54) is 16.7 Å². The van der Waals surface area contributed by atoms with Crippen molar-refractivity contribution in [3.63, 3.8) is 0 Å². The molecule has 5 heteroatoms. The van der Waals surface area contributed by atoms with E-state index in [0.717, 1.165) is 55.0 Å². The Labute approximate surface area is 177 Å². The first kappa shape index (κ1) is 20.0. The fourth-order valence-corrected chi connectivity index (χ4v) is 4.40. The van der Waals surface area contributed by atoms with Crippen LogP contribution in [0.4, 0.5) is 0 Å². The van der Waals surface area contributed by atoms with Crippen molar-refractivity contribution in [3.05, 3.63) is 75.8 Å². The number of hydrogen-bond donors (Lipinski definition) is 1. The molecule has 2 aromatic carbocycles. The van der Waals surface area contributed by atoms with Crippen molar-refractivity contribution in [1.29, 1.82) is 0 Å². The fourth-order valence-electron chi connectivity index (χ4n) is 4.28. The Morgan fingerprint density at radius 2 is 1.72 bits per heavy atom. The van der Waals surface area contributed by atoms with Gasteiger partial charge in [-0.05, 0) is 73.1 Å². The first-order chi connectivity index (χ1) is 14.2. The number of methoxy groups -OCH3 is 1. The third-order valence-corrected chi connectivity index (χ3v) is 6.14. The third kappa shape index (κ3) is 4.49. The maximum atomic E-state index is 13.1. The molecule has 4 nitrogen and oxygen atoms in total. The molecule has 152 valence electrons. The van der Waals surface area contributed by atoms with Gasteiger partial charge in [0.2, 0.25) is 0 Å². The van der Waals surface area contributed by atoms with E-state index in [1.54, 1.807) is 7.11 Å². The van der Waals surface area contributed by atoms with Crippen molar-refractivity contribution < 1.29 is 9.53 Å². The van der Waals surface area contributed by atoms with Gasteiger partial charge in [-0.2, -0.15) is 0 Å². The highest BCUT2D eigenvalue weighted by Gasteiger charge is 2.39. The van der Waals surface area contributed by atoms with E-state index in [1.807, 2.05) is 41.3 Å². The lowest BCUT2D eigenvalue weighted by molar-refractivity contribution is -0.127. The molecule has 4 rings (SSSR count). The Morgan fingerprint density at radius 3 is 2.45 bits per heavy atom. The SMILES string of the molecule is COc1ccc(CN[C@@H]2C3=C(CCCC3)C(=O)N2CCc2ccc(Cl)cc2)cc1. The molecule has 1 aliphatic heterocycles. The summed E-state index contributed by atoms with van der Waals surface area (Å²) >= 11 is 6.00. The van der Waals surface area contributed by atoms with Gasteiger partial charge in [0.25, 0.3) is 5.91 Å². The van der Waals surface area contributed by atoms with Crippen LogP contribution in [0.3, 0.4) is 0 Å². The predicted molar refractivity (Wildman–Crippen MR) is 116 cm³/mol. The summed E-state index contributed by atoms with van der Waals surface area (Å²) in [5.74, 6) is 1.06. The number of rotatable bonds is 7. The highest BCUT2D eigenvalue weighted by Crippen LogP contribution is 2.35. The Hall–Kier alpha value is -2.30. The second-order valence-corrected chi connectivity index (χ2v) is 8.15. The lowest BCUT2D eigenvalue weighted by atomic mass is 9.92. The van der Waals surface area contributed by atoms with Gasteiger partial charge < -0.3 is 9.64 Å². The normalized spacial score (nSPS) is 18.9. The molecule has 1 amide bonds. The number of amides is 1. The van der Waals surface area contributed by atoms with Crippen molar-refractivity contribution in [3.8, 4) is 5.75 Å². The standard InChI is InChI=1S/C24H27ClN2O2/c1-29-20-12-8-18(9-13-20)16-26-23-21-4-2-3-5-22(21)24(28)27(23)15-14-17-6-10-19(25)11-7-17/h6-13,23,26H,2-5,14-16H2,1H3/t23-/m0/s1. The van der Waals surface area contributed by atoms with Gasteiger partial charge in [-0.15, -0.1) is 0 Å². The van der Waals surface area contributed by atoms with Crippen molar-refractivity contribution in [1.82, 2.24) is 10.2 Å². The zero-order valence-corrected chi connectivity index (χ0v) is 17.5. The third-order valence-electron chi connectivity index (χ3n) is 5.88. The Kier molecular flexibility index (Phi) is 6.22. The number of carbonyl (C=O) groups is 1. The van der Waals surface area contributed by atoms with Crippen LogP contribution >= 0.6 is 11.6 Å². The summed E-state index contributed by atoms with van der Waals surface area (Å²) < 4.78 is 5.24. The molecule has 0 spiro atoms. The molecule has 0 unspecified atom stereocenters. The van der Waals surface area contributed by atoms with Crippen LogP contribution in [0.2, 0.25) is 5.02 Å². The van der Waals surface area contributed by atoms with Crippen molar-refractivity contribution >= 4 is 17.5 Å². The van der Waals surface area contributed by atoms with E-state index in [4.69, 9.17) is 16.3 Å². The summed E-state index contributed by atoms with van der Waals surface area (Å²) in [5, 5.41) is 4.38. The monoisotopic (exact) mass is 410 g/mol. The summed E-state index contributed by atoms with van der Waals surface area (Å²) in [6.45, 7) is 1.42. The molecule has 0 saturated carbocycles. The van der Waals surface area contributed by atoms with Gasteiger partial charge in [0.05, 0.1) is 7.11 Å². The van der Waals surface area contributed by atoms with E-state index in [9.17, 15) is 4.79 Å². The van der Waals surface area contributed by atoms with Crippen molar-refractivity contribution in [2.45, 2.75) is 44.8 Å². The summed E-state index contributed by atoms with van der Waals surface area (Å²) in [6.07, 6.45) is 5.01. The number of halogens is 1. The zero-order valence-electron chi connectivity index (χ0n) is 16.8. The molecule has 2 aromatic rings. The first-order valence-corrected chi connectivity index (χ1v) is 10.7. The van der Waals surface area contributed by atoms with Gasteiger partial charge in [0.15, 0.2) is 0 Å². The number of carbonyl (C=O) groups excluding carboxylic acids is 1. The first-order valence-electron chi connectivity index (χ1n) is 10.3. The average Bonchev–Trinajstić information content (AvgIpc) is 3.03. The number of nitrogens with zero attached hydrogens (tertiary/aromatic N) is 1. The minimum atomic E-state index is -0.00722. The van der Waals surface area contributed by atoms with Crippen LogP contribution in [-0.4, -0.2) is 30.6 Å². The number of benzene rings is 2. The number of nitrogens with one attached hydrogen (secondary N) is 1. The molecule has 0 saturated heterocycles. The molecule has 1 heterocycles. The smallest absolute Gasteiger partial charge is 0.251 e. The summed E-state index contributed by atoms with van der Waals surface area (Å²) in [4.78, 5) is 15.1. The molecule has 0 fully saturated rings. The van der Waals surface area contributed by atoms with Gasteiger partial charge in [-0.25, -0.2) is 0 Å². The molecule has 2 aliphatic rings. The molecular weight excluding hydrogens is 384 g/mol. The molecular formula is C24H27ClN2O2. The van der Waals surface area contributed by atoms with E-state index in [2.05, 4.69) is 17.4 Å². The van der Waals surface area contributed by atoms with E-state index < -0.39 is 0 Å². The average molecular weight is 411 g/mol. The topological polar surface area (TPSA) is 41.6 Å². The highest BCUT2D eigenvalue weighted by molar-refractivity contribution is 6.30. The van der Waals surface area contributed by atoms with E-state index in [-0.39, 0.29) is 12.1 Å². The van der Waals surface area contributed by atoms with Crippen LogP contribution in [0.5, 0.6) is 5.75 Å². The van der Waals surface area contributed by atoms with Gasteiger partial charge >= 0.3 is 0 Å². The summed E-state index contributed by atoms with van der Waals surface area (Å²) in [6, 6.07) is 16.0. The lowest BCUT2D eigenvalue weighted by Gasteiger charge is -2.28. The van der Waals surface area contributed by atoms with Crippen LogP contribution in [0.25, 0.3) is 0 Å². The van der Waals surface area contributed by atoms with E-state index in [0.29, 0.717) is 6.54 Å². The predicted octanol–water partition coefficient (Wildman–Crippen LogP) is 4.72. The second kappa shape index (κ2) is 9.02. The molecule has 1 N–H and O–H groups in total. The molecule has 29 heavy (non-hydrogen) atoms.